The van der Waals surface area contributed by atoms with E-state index in [9.17, 15) is 9.59 Å². The maximum Gasteiger partial charge on any atom is 0.338 e. The van der Waals surface area contributed by atoms with Crippen LogP contribution in [0.3, 0.4) is 0 Å². The van der Waals surface area contributed by atoms with Crippen LogP contribution in [-0.2, 0) is 16.0 Å². The lowest BCUT2D eigenvalue weighted by atomic mass is 10.1. The third-order valence-electron chi connectivity index (χ3n) is 4.38. The van der Waals surface area contributed by atoms with Crippen LogP contribution in [0.5, 0.6) is 0 Å². The number of rotatable bonds is 9. The van der Waals surface area contributed by atoms with Crippen molar-refractivity contribution in [3.63, 3.8) is 0 Å². The number of aromatic nitrogens is 4. The van der Waals surface area contributed by atoms with Crippen LogP contribution in [0.15, 0.2) is 60.9 Å². The Kier molecular flexibility index (Phi) is 7.05. The number of carbonyl (C=O) groups excluding carboxylic acids is 2. The molecule has 150 valence electrons. The number of carbonyl (C=O) groups is 2. The number of hydrogen-bond acceptors (Lipinski definition) is 6. The lowest BCUT2D eigenvalue weighted by Crippen LogP contribution is -2.28. The normalized spacial score (nSPS) is 11.6. The fraction of sp³-hybridized carbons (Fsp3) is 0.286. The topological polar surface area (TPSA) is 99.0 Å². The summed E-state index contributed by atoms with van der Waals surface area (Å²) in [5.41, 5.74) is 2.01. The molecule has 8 heteroatoms. The molecule has 0 bridgehead atoms. The number of tetrazole rings is 1. The molecule has 1 N–H and O–H groups in total. The number of nitrogens with zero attached hydrogens (tertiary/aromatic N) is 4. The average Bonchev–Trinajstić information content (AvgIpc) is 3.28. The third kappa shape index (κ3) is 5.71. The fourth-order valence-electron chi connectivity index (χ4n) is 2.76. The minimum absolute atomic E-state index is 0.251. The van der Waals surface area contributed by atoms with E-state index in [1.54, 1.807) is 24.3 Å². The van der Waals surface area contributed by atoms with E-state index < -0.39 is 6.04 Å². The molecule has 2 aromatic carbocycles. The van der Waals surface area contributed by atoms with Gasteiger partial charge in [0.1, 0.15) is 12.4 Å². The predicted molar refractivity (Wildman–Crippen MR) is 107 cm³/mol. The Hall–Kier alpha value is -3.55. The van der Waals surface area contributed by atoms with Crippen LogP contribution in [0.1, 0.15) is 41.7 Å². The van der Waals surface area contributed by atoms with Gasteiger partial charge in [-0.3, -0.25) is 4.79 Å². The summed E-state index contributed by atoms with van der Waals surface area (Å²) in [6, 6.07) is 15.7. The summed E-state index contributed by atoms with van der Waals surface area (Å²) in [6.45, 7) is 2.44. The highest BCUT2D eigenvalue weighted by Crippen LogP contribution is 2.17. The molecular formula is C21H23N5O3. The third-order valence-corrected chi connectivity index (χ3v) is 4.38. The molecule has 0 unspecified atom stereocenters. The summed E-state index contributed by atoms with van der Waals surface area (Å²) in [5.74, 6) is -0.619. The highest BCUT2D eigenvalue weighted by molar-refractivity contribution is 5.95. The first-order valence-corrected chi connectivity index (χ1v) is 9.52. The van der Waals surface area contributed by atoms with Crippen molar-refractivity contribution in [1.82, 2.24) is 20.2 Å². The second-order valence-electron chi connectivity index (χ2n) is 6.55. The Morgan fingerprint density at radius 1 is 1.10 bits per heavy atom. The molecule has 0 fully saturated rings. The molecule has 0 radical (unpaired) electrons. The number of benzene rings is 2. The molecule has 0 aliphatic carbocycles. The average molecular weight is 393 g/mol. The first kappa shape index (κ1) is 20.2. The zero-order chi connectivity index (χ0) is 20.5. The van der Waals surface area contributed by atoms with Crippen molar-refractivity contribution in [2.45, 2.75) is 32.2 Å². The Morgan fingerprint density at radius 2 is 1.86 bits per heavy atom. The summed E-state index contributed by atoms with van der Waals surface area (Å²) in [7, 11) is 0. The van der Waals surface area contributed by atoms with E-state index in [1.807, 2.05) is 37.3 Å². The van der Waals surface area contributed by atoms with Crippen molar-refractivity contribution in [2.75, 3.05) is 11.9 Å². The van der Waals surface area contributed by atoms with Gasteiger partial charge >= 0.3 is 5.97 Å². The van der Waals surface area contributed by atoms with Crippen LogP contribution in [0.4, 0.5) is 5.69 Å². The molecule has 0 saturated heterocycles. The lowest BCUT2D eigenvalue weighted by Gasteiger charge is -2.16. The van der Waals surface area contributed by atoms with Gasteiger partial charge in [-0.05, 0) is 46.7 Å². The Labute approximate surface area is 168 Å². The zero-order valence-electron chi connectivity index (χ0n) is 16.2. The molecule has 1 aromatic heterocycles. The van der Waals surface area contributed by atoms with Crippen LogP contribution < -0.4 is 5.32 Å². The largest absolute Gasteiger partial charge is 0.462 e. The van der Waals surface area contributed by atoms with Crippen molar-refractivity contribution in [2.24, 2.45) is 0 Å². The quantitative estimate of drug-likeness (QED) is 0.443. The molecule has 8 nitrogen and oxygen atoms in total. The Bertz CT molecular complexity index is 911. The van der Waals surface area contributed by atoms with Gasteiger partial charge in [0.15, 0.2) is 0 Å². The molecule has 3 aromatic rings. The maximum absolute atomic E-state index is 12.9. The van der Waals surface area contributed by atoms with E-state index in [2.05, 4.69) is 20.8 Å². The van der Waals surface area contributed by atoms with Crippen molar-refractivity contribution in [3.05, 3.63) is 72.1 Å². The molecule has 29 heavy (non-hydrogen) atoms. The highest BCUT2D eigenvalue weighted by atomic mass is 16.5. The summed E-state index contributed by atoms with van der Waals surface area (Å²) in [5, 5.41) is 14.0. The molecule has 1 heterocycles. The zero-order valence-corrected chi connectivity index (χ0v) is 16.2. The van der Waals surface area contributed by atoms with Gasteiger partial charge < -0.3 is 10.1 Å². The Morgan fingerprint density at radius 3 is 2.52 bits per heavy atom. The van der Waals surface area contributed by atoms with Gasteiger partial charge in [0.25, 0.3) is 0 Å². The van der Waals surface area contributed by atoms with Gasteiger partial charge in [0.2, 0.25) is 5.91 Å². The summed E-state index contributed by atoms with van der Waals surface area (Å²) in [4.78, 5) is 24.9. The van der Waals surface area contributed by atoms with Crippen LogP contribution in [0.2, 0.25) is 0 Å². The second-order valence-corrected chi connectivity index (χ2v) is 6.55. The Balaban J connectivity index is 1.67. The number of hydrogen-bond donors (Lipinski definition) is 1. The van der Waals surface area contributed by atoms with Crippen molar-refractivity contribution in [3.8, 4) is 0 Å². The molecule has 1 atom stereocenters. The summed E-state index contributed by atoms with van der Waals surface area (Å²) in [6.07, 6.45) is 3.66. The van der Waals surface area contributed by atoms with Crippen molar-refractivity contribution >= 4 is 17.6 Å². The smallest absolute Gasteiger partial charge is 0.338 e. The van der Waals surface area contributed by atoms with Crippen molar-refractivity contribution in [1.29, 1.82) is 0 Å². The van der Waals surface area contributed by atoms with Gasteiger partial charge in [-0.2, -0.15) is 0 Å². The van der Waals surface area contributed by atoms with Gasteiger partial charge in [0, 0.05) is 12.1 Å². The van der Waals surface area contributed by atoms with Gasteiger partial charge in [-0.25, -0.2) is 9.48 Å². The first-order chi connectivity index (χ1) is 14.2. The molecule has 1 amide bonds. The molecular weight excluding hydrogens is 370 g/mol. The van der Waals surface area contributed by atoms with E-state index in [0.29, 0.717) is 24.3 Å². The summed E-state index contributed by atoms with van der Waals surface area (Å²) >= 11 is 0. The fourth-order valence-corrected chi connectivity index (χ4v) is 2.76. The number of esters is 1. The van der Waals surface area contributed by atoms with Gasteiger partial charge in [-0.1, -0.05) is 43.7 Å². The monoisotopic (exact) mass is 393 g/mol. The van der Waals surface area contributed by atoms with Crippen LogP contribution in [0, 0.1) is 0 Å². The van der Waals surface area contributed by atoms with E-state index >= 15 is 0 Å². The van der Waals surface area contributed by atoms with E-state index in [4.69, 9.17) is 4.74 Å². The number of ether oxygens (including phenoxy) is 1. The van der Waals surface area contributed by atoms with Crippen LogP contribution in [0.25, 0.3) is 0 Å². The molecule has 0 spiro atoms. The SMILES string of the molecule is CCCCOC(=O)c1ccc(NC(=O)[C@@H](Cc2ccccc2)n2cnnn2)cc1. The standard InChI is InChI=1S/C21H23N5O3/c1-2-3-13-29-21(28)17-9-11-18(12-10-17)23-20(27)19(26-15-22-24-25-26)14-16-7-5-4-6-8-16/h4-12,15,19H,2-3,13-14H2,1H3,(H,23,27)/t19-/m1/s1. The maximum atomic E-state index is 12.9. The minimum atomic E-state index is -0.605. The number of anilines is 1. The summed E-state index contributed by atoms with van der Waals surface area (Å²) < 4.78 is 6.62. The molecule has 0 saturated carbocycles. The van der Waals surface area contributed by atoms with E-state index in [0.717, 1.165) is 18.4 Å². The molecule has 0 aliphatic heterocycles. The van der Waals surface area contributed by atoms with Gasteiger partial charge in [-0.15, -0.1) is 5.10 Å². The first-order valence-electron chi connectivity index (χ1n) is 9.52. The lowest BCUT2D eigenvalue weighted by molar-refractivity contribution is -0.119. The van der Waals surface area contributed by atoms with Crippen molar-refractivity contribution < 1.29 is 14.3 Å². The van der Waals surface area contributed by atoms with Crippen LogP contribution in [-0.4, -0.2) is 38.7 Å². The molecule has 3 rings (SSSR count). The van der Waals surface area contributed by atoms with E-state index in [1.165, 1.54) is 11.0 Å². The highest BCUT2D eigenvalue weighted by Gasteiger charge is 2.22. The van der Waals surface area contributed by atoms with E-state index in [-0.39, 0.29) is 11.9 Å². The van der Waals surface area contributed by atoms with Crippen LogP contribution >= 0.6 is 0 Å². The number of unbranched alkanes of at least 4 members (excludes halogenated alkanes) is 1. The minimum Gasteiger partial charge on any atom is -0.462 e. The molecule has 0 aliphatic rings. The number of nitrogens with one attached hydrogen (secondary N) is 1. The van der Waals surface area contributed by atoms with Gasteiger partial charge in [0.05, 0.1) is 12.2 Å². The second kappa shape index (κ2) is 10.1. The predicted octanol–water partition coefficient (Wildman–Crippen LogP) is 3.05. The number of amides is 1.